The Morgan fingerprint density at radius 3 is 1.36 bits per heavy atom. The van der Waals surface area contributed by atoms with Crippen LogP contribution in [0.2, 0.25) is 0 Å². The van der Waals surface area contributed by atoms with Gasteiger partial charge >= 0.3 is 0 Å². The van der Waals surface area contributed by atoms with Gasteiger partial charge in [-0.1, -0.05) is 181 Å². The molecule has 300 valence electrons. The van der Waals surface area contributed by atoms with Gasteiger partial charge in [0.25, 0.3) is 0 Å². The summed E-state index contributed by atoms with van der Waals surface area (Å²) >= 11 is 0. The molecule has 0 unspecified atom stereocenters. The Labute approximate surface area is 371 Å². The number of rotatable bonds is 8. The van der Waals surface area contributed by atoms with Crippen LogP contribution in [0, 0.1) is 18.3 Å². The highest BCUT2D eigenvalue weighted by molar-refractivity contribution is 6.11. The van der Waals surface area contributed by atoms with Crippen LogP contribution in [0.1, 0.15) is 11.1 Å². The highest BCUT2D eigenvalue weighted by atomic mass is 15.0. The Bertz CT molecular complexity index is 3290. The average molecular weight is 819 g/mol. The lowest BCUT2D eigenvalue weighted by Crippen LogP contribution is -2.05. The van der Waals surface area contributed by atoms with E-state index in [0.717, 1.165) is 83.4 Å². The first-order valence-electron chi connectivity index (χ1n) is 21.3. The van der Waals surface area contributed by atoms with E-state index < -0.39 is 0 Å². The summed E-state index contributed by atoms with van der Waals surface area (Å²) in [5.41, 5.74) is 14.8. The van der Waals surface area contributed by atoms with E-state index in [0.29, 0.717) is 28.6 Å². The molecule has 3 aromatic heterocycles. The second-order valence-electron chi connectivity index (χ2n) is 15.9. The molecule has 8 aromatic carbocycles. The van der Waals surface area contributed by atoms with Crippen LogP contribution < -0.4 is 0 Å². The molecular formula is C58H38N6. The Morgan fingerprint density at radius 2 is 0.828 bits per heavy atom. The Balaban J connectivity index is 1.30. The smallest absolute Gasteiger partial charge is 0.160 e. The minimum atomic E-state index is 0.470. The van der Waals surface area contributed by atoms with Crippen LogP contribution in [0.25, 0.3) is 106 Å². The van der Waals surface area contributed by atoms with E-state index in [1.807, 2.05) is 121 Å². The predicted octanol–water partition coefficient (Wildman–Crippen LogP) is 14.2. The van der Waals surface area contributed by atoms with Crippen LogP contribution in [0.15, 0.2) is 212 Å². The molecular weight excluding hydrogens is 781 g/mol. The molecule has 11 aromatic rings. The summed E-state index contributed by atoms with van der Waals surface area (Å²) in [6.07, 6.45) is 0. The van der Waals surface area contributed by atoms with Crippen molar-refractivity contribution < 1.29 is 0 Å². The van der Waals surface area contributed by atoms with E-state index in [1.165, 1.54) is 5.56 Å². The van der Waals surface area contributed by atoms with Crippen molar-refractivity contribution in [3.05, 3.63) is 223 Å². The zero-order valence-corrected chi connectivity index (χ0v) is 34.9. The first kappa shape index (κ1) is 38.2. The van der Waals surface area contributed by atoms with Gasteiger partial charge in [-0.25, -0.2) is 19.9 Å². The van der Waals surface area contributed by atoms with Crippen LogP contribution in [0.3, 0.4) is 0 Å². The number of benzene rings is 8. The Kier molecular flexibility index (Phi) is 9.68. The number of para-hydroxylation sites is 1. The van der Waals surface area contributed by atoms with Crippen LogP contribution in [0.5, 0.6) is 0 Å². The first-order chi connectivity index (χ1) is 31.6. The molecule has 0 aliphatic carbocycles. The summed E-state index contributed by atoms with van der Waals surface area (Å²) in [7, 11) is 0. The number of aryl methyl sites for hydroxylation is 1. The van der Waals surface area contributed by atoms with Gasteiger partial charge in [0, 0.05) is 44.2 Å². The summed E-state index contributed by atoms with van der Waals surface area (Å²) in [4.78, 5) is 21.1. The van der Waals surface area contributed by atoms with Gasteiger partial charge in [0.15, 0.2) is 11.6 Å². The van der Waals surface area contributed by atoms with Gasteiger partial charge in [0.05, 0.1) is 51.1 Å². The monoisotopic (exact) mass is 818 g/mol. The van der Waals surface area contributed by atoms with Crippen molar-refractivity contribution in [3.63, 3.8) is 0 Å². The quantitative estimate of drug-likeness (QED) is 0.153. The lowest BCUT2D eigenvalue weighted by molar-refractivity contribution is 1.14. The zero-order chi connectivity index (χ0) is 43.0. The molecule has 0 bridgehead atoms. The third kappa shape index (κ3) is 7.07. The topological polar surface area (TPSA) is 80.3 Å². The van der Waals surface area contributed by atoms with E-state index in [-0.39, 0.29) is 0 Å². The molecule has 0 aliphatic rings. The fourth-order valence-electron chi connectivity index (χ4n) is 8.66. The third-order valence-electron chi connectivity index (χ3n) is 11.7. The van der Waals surface area contributed by atoms with Gasteiger partial charge in [-0.05, 0) is 54.4 Å². The number of nitriles is 1. The Morgan fingerprint density at radius 1 is 0.375 bits per heavy atom. The predicted molar refractivity (Wildman–Crippen MR) is 259 cm³/mol. The molecule has 11 rings (SSSR count). The second kappa shape index (κ2) is 16.2. The maximum Gasteiger partial charge on any atom is 0.160 e. The fraction of sp³-hybridized carbons (Fsp3) is 0.0172. The number of hydrogen-bond donors (Lipinski definition) is 0. The Hall–Kier alpha value is -8.79. The highest BCUT2D eigenvalue weighted by Gasteiger charge is 2.25. The van der Waals surface area contributed by atoms with E-state index in [2.05, 4.69) is 109 Å². The van der Waals surface area contributed by atoms with Crippen LogP contribution in [0.4, 0.5) is 0 Å². The molecule has 0 amide bonds. The van der Waals surface area contributed by atoms with Crippen molar-refractivity contribution in [2.24, 2.45) is 0 Å². The minimum Gasteiger partial charge on any atom is -0.308 e. The fourth-order valence-corrected chi connectivity index (χ4v) is 8.66. The van der Waals surface area contributed by atoms with Crippen molar-refractivity contribution in [2.45, 2.75) is 6.92 Å². The largest absolute Gasteiger partial charge is 0.308 e. The lowest BCUT2D eigenvalue weighted by atomic mass is 9.95. The SMILES string of the molecule is Cc1cccc(-c2ccc3c4ccccc4n(-c4c(-c5cc(-c6ccccc6)nc(-c6ccccc6)n5)cc(C#N)cc4-c4cc(-c5ccccc5)nc(-c5ccccc5)n4)c3c2)c1. The summed E-state index contributed by atoms with van der Waals surface area (Å²) in [5.74, 6) is 1.16. The maximum atomic E-state index is 10.9. The van der Waals surface area contributed by atoms with Crippen molar-refractivity contribution in [1.82, 2.24) is 24.5 Å². The van der Waals surface area contributed by atoms with Gasteiger partial charge in [0.2, 0.25) is 0 Å². The number of aromatic nitrogens is 5. The summed E-state index contributed by atoms with van der Waals surface area (Å²) in [5, 5.41) is 13.1. The van der Waals surface area contributed by atoms with Crippen LogP contribution in [-0.2, 0) is 0 Å². The summed E-state index contributed by atoms with van der Waals surface area (Å²) in [6.45, 7) is 2.12. The molecule has 6 nitrogen and oxygen atoms in total. The first-order valence-corrected chi connectivity index (χ1v) is 21.3. The second-order valence-corrected chi connectivity index (χ2v) is 15.9. The van der Waals surface area contributed by atoms with E-state index in [4.69, 9.17) is 19.9 Å². The minimum absolute atomic E-state index is 0.470. The summed E-state index contributed by atoms with van der Waals surface area (Å²) < 4.78 is 2.34. The molecule has 6 heteroatoms. The molecule has 0 saturated carbocycles. The highest BCUT2D eigenvalue weighted by Crippen LogP contribution is 2.44. The molecule has 0 saturated heterocycles. The van der Waals surface area contributed by atoms with Crippen LogP contribution in [-0.4, -0.2) is 24.5 Å². The van der Waals surface area contributed by atoms with Crippen molar-refractivity contribution >= 4 is 21.8 Å². The third-order valence-corrected chi connectivity index (χ3v) is 11.7. The van der Waals surface area contributed by atoms with Gasteiger partial charge in [-0.3, -0.25) is 0 Å². The molecule has 0 spiro atoms. The van der Waals surface area contributed by atoms with Gasteiger partial charge in [-0.15, -0.1) is 0 Å². The number of fused-ring (bicyclic) bond motifs is 3. The number of nitrogens with zero attached hydrogens (tertiary/aromatic N) is 6. The molecule has 64 heavy (non-hydrogen) atoms. The standard InChI is InChI=1S/C58H38N6/c1-38-17-16-26-44(31-38)45-29-30-47-46-27-14-15-28-54(46)64(55(47)34-45)56-48(52-35-50(40-18-6-2-7-19-40)60-57(62-52)42-22-10-4-11-23-42)32-39(37-59)33-49(56)53-36-51(41-20-8-3-9-21-41)61-58(63-53)43-24-12-5-13-25-43/h2-36H,1H3. The van der Waals surface area contributed by atoms with E-state index in [9.17, 15) is 5.26 Å². The molecule has 0 N–H and O–H groups in total. The summed E-state index contributed by atoms with van der Waals surface area (Å²) in [6, 6.07) is 74.9. The van der Waals surface area contributed by atoms with E-state index >= 15 is 0 Å². The molecule has 0 radical (unpaired) electrons. The molecule has 0 atom stereocenters. The van der Waals surface area contributed by atoms with Gasteiger partial charge < -0.3 is 4.57 Å². The molecule has 0 aliphatic heterocycles. The van der Waals surface area contributed by atoms with Crippen molar-refractivity contribution in [3.8, 4) is 90.7 Å². The molecule has 0 fully saturated rings. The maximum absolute atomic E-state index is 10.9. The normalized spacial score (nSPS) is 11.2. The number of hydrogen-bond acceptors (Lipinski definition) is 5. The molecule has 3 heterocycles. The average Bonchev–Trinajstić information content (AvgIpc) is 3.70. The van der Waals surface area contributed by atoms with Crippen LogP contribution >= 0.6 is 0 Å². The van der Waals surface area contributed by atoms with E-state index in [1.54, 1.807) is 0 Å². The van der Waals surface area contributed by atoms with Gasteiger partial charge in [0.1, 0.15) is 0 Å². The zero-order valence-electron chi connectivity index (χ0n) is 34.9. The van der Waals surface area contributed by atoms with Gasteiger partial charge in [-0.2, -0.15) is 5.26 Å². The lowest BCUT2D eigenvalue weighted by Gasteiger charge is -2.20. The van der Waals surface area contributed by atoms with Crippen molar-refractivity contribution in [2.75, 3.05) is 0 Å². The van der Waals surface area contributed by atoms with Crippen molar-refractivity contribution in [1.29, 1.82) is 5.26 Å².